The molecule has 0 amide bonds. The Morgan fingerprint density at radius 2 is 2.43 bits per heavy atom. The molecule has 0 spiro atoms. The Kier molecular flexibility index (Phi) is 2.07. The molecule has 0 bridgehead atoms. The Labute approximate surface area is 38.0 Å². The van der Waals surface area contributed by atoms with Crippen LogP contribution in [0.1, 0.15) is 0 Å². The van der Waals surface area contributed by atoms with E-state index in [-0.39, 0.29) is 0 Å². The van der Waals surface area contributed by atoms with Crippen LogP contribution in [0.5, 0.6) is 0 Å². The van der Waals surface area contributed by atoms with E-state index in [4.69, 9.17) is 15.1 Å². The number of halogens is 1. The summed E-state index contributed by atoms with van der Waals surface area (Å²) in [6, 6.07) is 0. The lowest BCUT2D eigenvalue weighted by Crippen LogP contribution is -2.15. The van der Waals surface area contributed by atoms with E-state index >= 15 is 0 Å². The standard InChI is InChI=1S/BFHNO4/c2-1(4)7-3(5)6/h4H. The van der Waals surface area contributed by atoms with Gasteiger partial charge in [-0.05, 0) is 0 Å². The van der Waals surface area contributed by atoms with Gasteiger partial charge in [-0.3, -0.25) is 9.07 Å². The van der Waals surface area contributed by atoms with Crippen LogP contribution in [0.4, 0.5) is 4.32 Å². The van der Waals surface area contributed by atoms with Gasteiger partial charge in [0.15, 0.2) is 0 Å². The molecule has 0 atom stereocenters. The van der Waals surface area contributed by atoms with Crippen LogP contribution in [0.2, 0.25) is 0 Å². The summed E-state index contributed by atoms with van der Waals surface area (Å²) < 4.78 is 13.7. The van der Waals surface area contributed by atoms with Gasteiger partial charge in [0.2, 0.25) is 0 Å². The predicted octanol–water partition coefficient (Wildman–Crippen LogP) is -0.859. The van der Waals surface area contributed by atoms with Crippen molar-refractivity contribution in [2.45, 2.75) is 0 Å². The van der Waals surface area contributed by atoms with E-state index in [0.29, 0.717) is 0 Å². The second-order valence-electron chi connectivity index (χ2n) is 0.621. The third-order valence-corrected chi connectivity index (χ3v) is 0.173. The molecule has 1 N–H and O–H groups in total. The van der Waals surface area contributed by atoms with Crippen LogP contribution >= 0.6 is 0 Å². The van der Waals surface area contributed by atoms with Crippen molar-refractivity contribution in [2.24, 2.45) is 0 Å². The van der Waals surface area contributed by atoms with E-state index in [2.05, 4.69) is 4.76 Å². The first-order chi connectivity index (χ1) is 3.13. The predicted molar refractivity (Wildman–Crippen MR) is 17.2 cm³/mol. The van der Waals surface area contributed by atoms with Gasteiger partial charge in [0, 0.05) is 0 Å². The first-order valence-corrected chi connectivity index (χ1v) is 1.26. The molecular weight excluding hydrogens is 108 g/mol. The molecule has 0 heterocycles. The minimum absolute atomic E-state index is 1.43. The van der Waals surface area contributed by atoms with Crippen molar-refractivity contribution in [2.75, 3.05) is 0 Å². The molecule has 5 nitrogen and oxygen atoms in total. The van der Waals surface area contributed by atoms with Gasteiger partial charge in [-0.2, -0.15) is 0 Å². The molecule has 7 heavy (non-hydrogen) atoms. The summed E-state index contributed by atoms with van der Waals surface area (Å²) in [5.74, 6) is 0. The van der Waals surface area contributed by atoms with Gasteiger partial charge in [-0.25, -0.2) is 0 Å². The van der Waals surface area contributed by atoms with E-state index in [1.54, 1.807) is 0 Å². The largest absolute Gasteiger partial charge is 0.703 e. The number of rotatable bonds is 2. The van der Waals surface area contributed by atoms with Crippen molar-refractivity contribution < 1.29 is 19.2 Å². The van der Waals surface area contributed by atoms with Crippen molar-refractivity contribution in [3.63, 3.8) is 0 Å². The van der Waals surface area contributed by atoms with Gasteiger partial charge in [0.25, 0.3) is 5.09 Å². The maximum absolute atomic E-state index is 10.8. The highest BCUT2D eigenvalue weighted by Gasteiger charge is 2.14. The third-order valence-electron chi connectivity index (χ3n) is 0.173. The highest BCUT2D eigenvalue weighted by atomic mass is 19.1. The second-order valence-corrected chi connectivity index (χ2v) is 0.621. The molecule has 40 valence electrons. The van der Waals surface area contributed by atoms with Gasteiger partial charge in [-0.1, -0.05) is 0 Å². The zero-order valence-electron chi connectivity index (χ0n) is 3.07. The average molecular weight is 109 g/mol. The number of hydrogen-bond donors (Lipinski definition) is 1. The zero-order valence-corrected chi connectivity index (χ0v) is 3.07. The summed E-state index contributed by atoms with van der Waals surface area (Å²) >= 11 is 0. The summed E-state index contributed by atoms with van der Waals surface area (Å²) in [6.07, 6.45) is 0. The smallest absolute Gasteiger partial charge is 0.402 e. The van der Waals surface area contributed by atoms with Gasteiger partial charge < -0.3 is 5.02 Å². The lowest BCUT2D eigenvalue weighted by atomic mass is 10.3. The van der Waals surface area contributed by atoms with Crippen LogP contribution in [0, 0.1) is 10.1 Å². The third kappa shape index (κ3) is 5.15. The Hall–Kier alpha value is -0.845. The summed E-state index contributed by atoms with van der Waals surface area (Å²) in [7, 11) is -2.82. The first-order valence-electron chi connectivity index (χ1n) is 1.26. The highest BCUT2D eigenvalue weighted by Crippen LogP contribution is 1.78. The molecule has 0 radical (unpaired) electrons. The Morgan fingerprint density at radius 3 is 2.43 bits per heavy atom. The molecule has 0 aromatic rings. The van der Waals surface area contributed by atoms with Gasteiger partial charge >= 0.3 is 7.40 Å². The molecule has 0 aliphatic carbocycles. The van der Waals surface area contributed by atoms with Crippen molar-refractivity contribution in [1.82, 2.24) is 0 Å². The Morgan fingerprint density at radius 1 is 2.00 bits per heavy atom. The molecule has 0 aliphatic heterocycles. The fraction of sp³-hybridized carbons (Fsp3) is 0. The molecule has 0 rings (SSSR count). The van der Waals surface area contributed by atoms with Crippen LogP contribution in [0.15, 0.2) is 0 Å². The molecule has 0 aliphatic rings. The van der Waals surface area contributed by atoms with Crippen LogP contribution in [0.25, 0.3) is 0 Å². The number of hydrogen-bond acceptors (Lipinski definition) is 4. The topological polar surface area (TPSA) is 72.6 Å². The van der Waals surface area contributed by atoms with E-state index in [1.807, 2.05) is 0 Å². The summed E-state index contributed by atoms with van der Waals surface area (Å²) in [6.45, 7) is 0. The Balaban J connectivity index is 3.13. The lowest BCUT2D eigenvalue weighted by molar-refractivity contribution is -0.723. The molecule has 0 aromatic carbocycles. The van der Waals surface area contributed by atoms with Crippen molar-refractivity contribution in [3.05, 3.63) is 10.1 Å². The van der Waals surface area contributed by atoms with Gasteiger partial charge in [0.1, 0.15) is 0 Å². The summed E-state index contributed by atoms with van der Waals surface area (Å²) in [5.41, 5.74) is 0. The Bertz CT molecular complexity index is 72.1. The minimum atomic E-state index is -2.82. The summed E-state index contributed by atoms with van der Waals surface area (Å²) in [4.78, 5) is 8.99. The second kappa shape index (κ2) is 2.35. The van der Waals surface area contributed by atoms with Crippen LogP contribution in [-0.4, -0.2) is 17.5 Å². The quantitative estimate of drug-likeness (QED) is 0.284. The van der Waals surface area contributed by atoms with E-state index in [1.165, 1.54) is 0 Å². The fourth-order valence-electron chi connectivity index (χ4n) is 0.0710. The molecule has 0 aromatic heterocycles. The minimum Gasteiger partial charge on any atom is -0.402 e. The van der Waals surface area contributed by atoms with Gasteiger partial charge in [0.05, 0.1) is 0 Å². The van der Waals surface area contributed by atoms with E-state index < -0.39 is 12.5 Å². The van der Waals surface area contributed by atoms with E-state index in [9.17, 15) is 4.32 Å². The van der Waals surface area contributed by atoms with Crippen molar-refractivity contribution in [1.29, 1.82) is 0 Å². The zero-order chi connectivity index (χ0) is 5.86. The van der Waals surface area contributed by atoms with E-state index in [0.717, 1.165) is 0 Å². The lowest BCUT2D eigenvalue weighted by Gasteiger charge is -1.86. The fourth-order valence-corrected chi connectivity index (χ4v) is 0.0710. The molecule has 0 saturated carbocycles. The highest BCUT2D eigenvalue weighted by molar-refractivity contribution is 6.33. The van der Waals surface area contributed by atoms with Crippen molar-refractivity contribution >= 4 is 7.40 Å². The maximum atomic E-state index is 10.8. The average Bonchev–Trinajstić information content (AvgIpc) is 1.27. The van der Waals surface area contributed by atoms with Crippen molar-refractivity contribution in [3.8, 4) is 0 Å². The molecular formula is HBFNO4. The molecule has 0 saturated heterocycles. The molecule has 7 heteroatoms. The molecule has 0 unspecified atom stereocenters. The van der Waals surface area contributed by atoms with Crippen LogP contribution < -0.4 is 0 Å². The van der Waals surface area contributed by atoms with Gasteiger partial charge in [-0.15, -0.1) is 10.1 Å². The number of nitrogens with zero attached hydrogens (tertiary/aromatic N) is 1. The molecule has 0 fully saturated rings. The monoisotopic (exact) mass is 109 g/mol. The maximum Gasteiger partial charge on any atom is 0.703 e. The summed E-state index contributed by atoms with van der Waals surface area (Å²) in [5, 5.41) is 15.0. The van der Waals surface area contributed by atoms with Crippen LogP contribution in [-0.2, 0) is 4.76 Å². The van der Waals surface area contributed by atoms with Crippen LogP contribution in [0.3, 0.4) is 0 Å². The SMILES string of the molecule is O=[N+]([O-])OB(O)F. The normalized spacial score (nSPS) is 7.71. The first kappa shape index (κ1) is 6.15.